The molecule has 0 aromatic rings. The van der Waals surface area contributed by atoms with Gasteiger partial charge in [-0.2, -0.15) is 0 Å². The molecule has 2 amide bonds. The van der Waals surface area contributed by atoms with Crippen molar-refractivity contribution in [2.45, 2.75) is 52.1 Å². The zero-order chi connectivity index (χ0) is 14.9. The summed E-state index contributed by atoms with van der Waals surface area (Å²) in [6.07, 6.45) is 1.72. The molecule has 2 aliphatic rings. The van der Waals surface area contributed by atoms with Crippen LogP contribution in [0.5, 0.6) is 0 Å². The molecule has 1 aliphatic carbocycles. The first-order chi connectivity index (χ1) is 9.36. The Labute approximate surface area is 119 Å². The Morgan fingerprint density at radius 3 is 2.35 bits per heavy atom. The first kappa shape index (κ1) is 15.2. The van der Waals surface area contributed by atoms with E-state index in [1.54, 1.807) is 0 Å². The van der Waals surface area contributed by atoms with E-state index < -0.39 is 6.10 Å². The van der Waals surface area contributed by atoms with Gasteiger partial charge in [0.15, 0.2) is 0 Å². The summed E-state index contributed by atoms with van der Waals surface area (Å²) in [6, 6.07) is 0. The summed E-state index contributed by atoms with van der Waals surface area (Å²) in [7, 11) is 0. The van der Waals surface area contributed by atoms with Gasteiger partial charge in [0.05, 0.1) is 6.10 Å². The van der Waals surface area contributed by atoms with Gasteiger partial charge in [-0.05, 0) is 31.1 Å². The molecule has 5 heteroatoms. The van der Waals surface area contributed by atoms with Crippen molar-refractivity contribution >= 4 is 17.6 Å². The third-order valence-corrected chi connectivity index (χ3v) is 4.53. The normalized spacial score (nSPS) is 34.0. The minimum absolute atomic E-state index is 0.00492. The van der Waals surface area contributed by atoms with Gasteiger partial charge in [0.1, 0.15) is 5.78 Å². The topological polar surface area (TPSA) is 83.5 Å². The molecule has 2 N–H and O–H groups in total. The van der Waals surface area contributed by atoms with Crippen LogP contribution in [0.1, 0.15) is 46.0 Å². The van der Waals surface area contributed by atoms with Crippen LogP contribution in [-0.2, 0) is 14.4 Å². The lowest BCUT2D eigenvalue weighted by molar-refractivity contribution is -0.136. The summed E-state index contributed by atoms with van der Waals surface area (Å²) in [5.74, 6) is -0.499. The number of hydrogen-bond donors (Lipinski definition) is 2. The van der Waals surface area contributed by atoms with Crippen LogP contribution in [0.3, 0.4) is 0 Å². The standard InChI is InChI=1S/C15H23NO4/c1-8-3-9(2)15(20)11(4-8)12(17)5-10-6-13(18)16-14(19)7-10/h8-12,17H,3-7H2,1-2H3,(H,16,18,19)/t8-,9+,11+,12-/m1/s1. The zero-order valence-electron chi connectivity index (χ0n) is 12.1. The fraction of sp³-hybridized carbons (Fsp3) is 0.800. The van der Waals surface area contributed by atoms with Gasteiger partial charge in [-0.3, -0.25) is 19.7 Å². The number of carbonyl (C=O) groups excluding carboxylic acids is 3. The predicted molar refractivity (Wildman–Crippen MR) is 72.6 cm³/mol. The molecule has 0 bridgehead atoms. The van der Waals surface area contributed by atoms with E-state index in [2.05, 4.69) is 12.2 Å². The summed E-state index contributed by atoms with van der Waals surface area (Å²) < 4.78 is 0. The number of aliphatic hydroxyl groups is 1. The largest absolute Gasteiger partial charge is 0.392 e. The number of amides is 2. The molecule has 1 saturated carbocycles. The van der Waals surface area contributed by atoms with Crippen molar-refractivity contribution in [1.82, 2.24) is 5.32 Å². The maximum atomic E-state index is 12.2. The second kappa shape index (κ2) is 6.04. The highest BCUT2D eigenvalue weighted by molar-refractivity contribution is 5.97. The molecule has 1 aliphatic heterocycles. The van der Waals surface area contributed by atoms with E-state index in [4.69, 9.17) is 0 Å². The Bertz CT molecular complexity index is 404. The molecule has 0 aromatic carbocycles. The van der Waals surface area contributed by atoms with Crippen LogP contribution in [-0.4, -0.2) is 28.8 Å². The lowest BCUT2D eigenvalue weighted by Gasteiger charge is -2.34. The summed E-state index contributed by atoms with van der Waals surface area (Å²) in [5, 5.41) is 12.6. The molecule has 4 atom stereocenters. The molecule has 2 fully saturated rings. The van der Waals surface area contributed by atoms with Gasteiger partial charge in [0, 0.05) is 24.7 Å². The minimum Gasteiger partial charge on any atom is -0.392 e. The SMILES string of the molecule is C[C@H]1C[C@@H]([C@H](O)CC2CC(=O)NC(=O)C2)C(=O)[C@@H](C)C1. The smallest absolute Gasteiger partial charge is 0.226 e. The number of ketones is 1. The van der Waals surface area contributed by atoms with E-state index in [1.807, 2.05) is 6.92 Å². The van der Waals surface area contributed by atoms with Gasteiger partial charge < -0.3 is 5.11 Å². The van der Waals surface area contributed by atoms with Crippen LogP contribution in [0.2, 0.25) is 0 Å². The van der Waals surface area contributed by atoms with Crippen molar-refractivity contribution < 1.29 is 19.5 Å². The second-order valence-corrected chi connectivity index (χ2v) is 6.54. The van der Waals surface area contributed by atoms with Crippen molar-refractivity contribution in [2.24, 2.45) is 23.7 Å². The predicted octanol–water partition coefficient (Wildman–Crippen LogP) is 1.04. The van der Waals surface area contributed by atoms with Gasteiger partial charge in [-0.15, -0.1) is 0 Å². The highest BCUT2D eigenvalue weighted by atomic mass is 16.3. The number of nitrogens with one attached hydrogen (secondary N) is 1. The number of Topliss-reactive ketones (excluding diaryl/α,β-unsaturated/α-hetero) is 1. The van der Waals surface area contributed by atoms with Crippen molar-refractivity contribution in [2.75, 3.05) is 0 Å². The second-order valence-electron chi connectivity index (χ2n) is 6.54. The minimum atomic E-state index is -0.739. The monoisotopic (exact) mass is 281 g/mol. The quantitative estimate of drug-likeness (QED) is 0.757. The molecule has 0 spiro atoms. The number of imide groups is 1. The summed E-state index contributed by atoms with van der Waals surface area (Å²) in [6.45, 7) is 4.01. The Kier molecular flexibility index (Phi) is 4.58. The molecule has 0 radical (unpaired) electrons. The Balaban J connectivity index is 1.96. The summed E-state index contributed by atoms with van der Waals surface area (Å²) >= 11 is 0. The van der Waals surface area contributed by atoms with E-state index in [0.717, 1.165) is 6.42 Å². The highest BCUT2D eigenvalue weighted by Crippen LogP contribution is 2.34. The maximum absolute atomic E-state index is 12.2. The molecule has 1 heterocycles. The van der Waals surface area contributed by atoms with Crippen molar-refractivity contribution in [1.29, 1.82) is 0 Å². The molecule has 112 valence electrons. The Morgan fingerprint density at radius 1 is 1.15 bits per heavy atom. The Hall–Kier alpha value is -1.23. The molecule has 0 unspecified atom stereocenters. The summed E-state index contributed by atoms with van der Waals surface area (Å²) in [5.41, 5.74) is 0. The van der Waals surface area contributed by atoms with Crippen LogP contribution < -0.4 is 5.32 Å². The number of aliphatic hydroxyl groups excluding tert-OH is 1. The first-order valence-corrected chi connectivity index (χ1v) is 7.41. The van der Waals surface area contributed by atoms with Crippen LogP contribution in [0.15, 0.2) is 0 Å². The van der Waals surface area contributed by atoms with Crippen LogP contribution in [0.25, 0.3) is 0 Å². The van der Waals surface area contributed by atoms with Crippen LogP contribution >= 0.6 is 0 Å². The van der Waals surface area contributed by atoms with Gasteiger partial charge >= 0.3 is 0 Å². The van der Waals surface area contributed by atoms with E-state index >= 15 is 0 Å². The number of hydrogen-bond acceptors (Lipinski definition) is 4. The van der Waals surface area contributed by atoms with Crippen molar-refractivity contribution in [3.05, 3.63) is 0 Å². The van der Waals surface area contributed by atoms with Crippen LogP contribution in [0.4, 0.5) is 0 Å². The fourth-order valence-corrected chi connectivity index (χ4v) is 3.60. The van der Waals surface area contributed by atoms with E-state index in [9.17, 15) is 19.5 Å². The molecular weight excluding hydrogens is 258 g/mol. The number of rotatable bonds is 3. The molecule has 2 rings (SSSR count). The molecular formula is C15H23NO4. The van der Waals surface area contributed by atoms with Crippen LogP contribution in [0, 0.1) is 23.7 Å². The third-order valence-electron chi connectivity index (χ3n) is 4.53. The van der Waals surface area contributed by atoms with Gasteiger partial charge in [-0.1, -0.05) is 13.8 Å². The van der Waals surface area contributed by atoms with Crippen molar-refractivity contribution in [3.63, 3.8) is 0 Å². The lowest BCUT2D eigenvalue weighted by Crippen LogP contribution is -2.42. The van der Waals surface area contributed by atoms with Gasteiger partial charge in [-0.25, -0.2) is 0 Å². The van der Waals surface area contributed by atoms with Gasteiger partial charge in [0.2, 0.25) is 11.8 Å². The van der Waals surface area contributed by atoms with E-state index in [1.165, 1.54) is 0 Å². The summed E-state index contributed by atoms with van der Waals surface area (Å²) in [4.78, 5) is 34.8. The highest BCUT2D eigenvalue weighted by Gasteiger charge is 2.38. The molecule has 0 aromatic heterocycles. The first-order valence-electron chi connectivity index (χ1n) is 7.41. The maximum Gasteiger partial charge on any atom is 0.226 e. The third kappa shape index (κ3) is 3.45. The van der Waals surface area contributed by atoms with E-state index in [0.29, 0.717) is 18.8 Å². The zero-order valence-corrected chi connectivity index (χ0v) is 12.1. The van der Waals surface area contributed by atoms with E-state index in [-0.39, 0.29) is 48.2 Å². The molecule has 1 saturated heterocycles. The number of piperidine rings is 1. The Morgan fingerprint density at radius 2 is 1.75 bits per heavy atom. The lowest BCUT2D eigenvalue weighted by atomic mass is 9.71. The van der Waals surface area contributed by atoms with Gasteiger partial charge in [0.25, 0.3) is 0 Å². The van der Waals surface area contributed by atoms with Crippen molar-refractivity contribution in [3.8, 4) is 0 Å². The fourth-order valence-electron chi connectivity index (χ4n) is 3.60. The molecule has 20 heavy (non-hydrogen) atoms. The average molecular weight is 281 g/mol. The molecule has 5 nitrogen and oxygen atoms in total. The number of carbonyl (C=O) groups is 3. The average Bonchev–Trinajstić information content (AvgIpc) is 2.32.